The Labute approximate surface area is 62.6 Å². The first-order valence-corrected chi connectivity index (χ1v) is 4.17. The van der Waals surface area contributed by atoms with E-state index >= 15 is 0 Å². The molecule has 2 rings (SSSR count). The fourth-order valence-electron chi connectivity index (χ4n) is 1.69. The third kappa shape index (κ3) is 0.920. The smallest absolute Gasteiger partial charge is 0.0163 e. The summed E-state index contributed by atoms with van der Waals surface area (Å²) in [5.41, 5.74) is 1.71. The molecule has 1 saturated carbocycles. The predicted molar refractivity (Wildman–Crippen MR) is 43.7 cm³/mol. The quantitative estimate of drug-likeness (QED) is 0.509. The highest BCUT2D eigenvalue weighted by Gasteiger charge is 2.42. The lowest BCUT2D eigenvalue weighted by molar-refractivity contribution is 0.852. The number of hydrogen-bond donors (Lipinski definition) is 0. The van der Waals surface area contributed by atoms with Gasteiger partial charge in [-0.05, 0) is 25.2 Å². The van der Waals surface area contributed by atoms with Gasteiger partial charge in [0, 0.05) is 5.92 Å². The summed E-state index contributed by atoms with van der Waals surface area (Å²) in [5.74, 6) is 2.72. The molecule has 0 spiro atoms. The van der Waals surface area contributed by atoms with Crippen molar-refractivity contribution in [3.05, 3.63) is 23.8 Å². The van der Waals surface area contributed by atoms with Crippen LogP contribution in [0, 0.1) is 17.8 Å². The van der Waals surface area contributed by atoms with Crippen LogP contribution in [0.4, 0.5) is 0 Å². The van der Waals surface area contributed by atoms with Crippen molar-refractivity contribution in [2.24, 2.45) is 17.8 Å². The molecule has 0 radical (unpaired) electrons. The van der Waals surface area contributed by atoms with Gasteiger partial charge in [-0.15, -0.1) is 0 Å². The van der Waals surface area contributed by atoms with Gasteiger partial charge in [-0.1, -0.05) is 30.7 Å². The number of hydrogen-bond acceptors (Lipinski definition) is 0. The van der Waals surface area contributed by atoms with E-state index in [1.165, 1.54) is 6.42 Å². The minimum atomic E-state index is 0.764. The van der Waals surface area contributed by atoms with Crippen LogP contribution in [-0.2, 0) is 0 Å². The summed E-state index contributed by atoms with van der Waals surface area (Å²) in [4.78, 5) is 0. The highest BCUT2D eigenvalue weighted by molar-refractivity contribution is 5.40. The molecule has 0 aromatic heterocycles. The Morgan fingerprint density at radius 2 is 2.30 bits per heavy atom. The molecule has 1 fully saturated rings. The van der Waals surface area contributed by atoms with E-state index in [9.17, 15) is 0 Å². The summed E-state index contributed by atoms with van der Waals surface area (Å²) >= 11 is 0. The fourth-order valence-corrected chi connectivity index (χ4v) is 1.69. The molecule has 54 valence electrons. The molecular formula is C10H14. The van der Waals surface area contributed by atoms with E-state index in [2.05, 4.69) is 32.1 Å². The molecule has 3 atom stereocenters. The molecule has 3 unspecified atom stereocenters. The van der Waals surface area contributed by atoms with Gasteiger partial charge in [0.15, 0.2) is 0 Å². The first-order valence-electron chi connectivity index (χ1n) is 4.17. The zero-order valence-corrected chi connectivity index (χ0v) is 6.67. The van der Waals surface area contributed by atoms with Crippen molar-refractivity contribution in [3.63, 3.8) is 0 Å². The normalized spacial score (nSPS) is 43.8. The van der Waals surface area contributed by atoms with Gasteiger partial charge in [-0.3, -0.25) is 0 Å². The molecule has 0 nitrogen and oxygen atoms in total. The SMILES string of the molecule is CC=CC1C=C1C1CC1C. The Hall–Kier alpha value is -0.520. The van der Waals surface area contributed by atoms with Crippen LogP contribution in [0.3, 0.4) is 0 Å². The van der Waals surface area contributed by atoms with Crippen molar-refractivity contribution in [1.82, 2.24) is 0 Å². The molecule has 0 heteroatoms. The molecule has 0 aromatic rings. The average molecular weight is 134 g/mol. The molecule has 0 aromatic carbocycles. The molecule has 0 amide bonds. The van der Waals surface area contributed by atoms with Gasteiger partial charge in [0.25, 0.3) is 0 Å². The van der Waals surface area contributed by atoms with Gasteiger partial charge in [0.2, 0.25) is 0 Å². The van der Waals surface area contributed by atoms with E-state index in [1.807, 2.05) is 0 Å². The Morgan fingerprint density at radius 1 is 1.60 bits per heavy atom. The molecule has 0 heterocycles. The lowest BCUT2D eigenvalue weighted by Crippen LogP contribution is -1.78. The maximum absolute atomic E-state index is 2.40. The second kappa shape index (κ2) is 1.98. The highest BCUT2D eigenvalue weighted by atomic mass is 14.5. The van der Waals surface area contributed by atoms with Crippen molar-refractivity contribution in [2.75, 3.05) is 0 Å². The Morgan fingerprint density at radius 3 is 2.80 bits per heavy atom. The number of rotatable bonds is 2. The largest absolute Gasteiger partial charge is 0.0908 e. The third-order valence-electron chi connectivity index (χ3n) is 2.59. The van der Waals surface area contributed by atoms with Crippen LogP contribution in [0.15, 0.2) is 23.8 Å². The highest BCUT2D eigenvalue weighted by Crippen LogP contribution is 2.52. The van der Waals surface area contributed by atoms with Crippen molar-refractivity contribution in [3.8, 4) is 0 Å². The lowest BCUT2D eigenvalue weighted by Gasteiger charge is -1.88. The zero-order chi connectivity index (χ0) is 7.14. The minimum absolute atomic E-state index is 0.764. The predicted octanol–water partition coefficient (Wildman–Crippen LogP) is 2.77. The monoisotopic (exact) mass is 134 g/mol. The van der Waals surface area contributed by atoms with E-state index in [0.29, 0.717) is 0 Å². The topological polar surface area (TPSA) is 0 Å². The molecule has 0 N–H and O–H groups in total. The molecule has 2 aliphatic rings. The second-order valence-electron chi connectivity index (χ2n) is 3.54. The molecule has 0 bridgehead atoms. The first-order chi connectivity index (χ1) is 4.83. The zero-order valence-electron chi connectivity index (χ0n) is 6.67. The molecule has 0 saturated heterocycles. The molecule has 0 aliphatic heterocycles. The lowest BCUT2D eigenvalue weighted by atomic mass is 10.2. The van der Waals surface area contributed by atoms with Gasteiger partial charge < -0.3 is 0 Å². The number of allylic oxidation sites excluding steroid dienone is 4. The van der Waals surface area contributed by atoms with Crippen LogP contribution in [0.1, 0.15) is 20.3 Å². The van der Waals surface area contributed by atoms with Crippen LogP contribution in [0.5, 0.6) is 0 Å². The summed E-state index contributed by atoms with van der Waals surface area (Å²) in [6, 6.07) is 0. The van der Waals surface area contributed by atoms with E-state index in [1.54, 1.807) is 5.57 Å². The molecule has 10 heavy (non-hydrogen) atoms. The van der Waals surface area contributed by atoms with Gasteiger partial charge in [-0.25, -0.2) is 0 Å². The molecule has 2 aliphatic carbocycles. The Kier molecular flexibility index (Phi) is 1.23. The standard InChI is InChI=1S/C10H14/c1-3-4-8-6-10(8)9-5-7(9)2/h3-4,6-9H,5H2,1-2H3. The van der Waals surface area contributed by atoms with Crippen molar-refractivity contribution in [2.45, 2.75) is 20.3 Å². The summed E-state index contributed by atoms with van der Waals surface area (Å²) < 4.78 is 0. The third-order valence-corrected chi connectivity index (χ3v) is 2.59. The van der Waals surface area contributed by atoms with E-state index in [4.69, 9.17) is 0 Å². The summed E-state index contributed by atoms with van der Waals surface area (Å²) in [6.45, 7) is 4.44. The minimum Gasteiger partial charge on any atom is -0.0908 e. The summed E-state index contributed by atoms with van der Waals surface area (Å²) in [7, 11) is 0. The first kappa shape index (κ1) is 6.21. The van der Waals surface area contributed by atoms with Crippen LogP contribution < -0.4 is 0 Å². The van der Waals surface area contributed by atoms with Crippen LogP contribution >= 0.6 is 0 Å². The van der Waals surface area contributed by atoms with Crippen molar-refractivity contribution >= 4 is 0 Å². The summed E-state index contributed by atoms with van der Waals surface area (Å²) in [5, 5.41) is 0. The maximum atomic E-state index is 2.40. The maximum Gasteiger partial charge on any atom is 0.0163 e. The van der Waals surface area contributed by atoms with E-state index in [-0.39, 0.29) is 0 Å². The van der Waals surface area contributed by atoms with Crippen molar-refractivity contribution in [1.29, 1.82) is 0 Å². The Bertz CT molecular complexity index is 198. The average Bonchev–Trinajstić information content (AvgIpc) is 2.70. The van der Waals surface area contributed by atoms with Crippen LogP contribution in [-0.4, -0.2) is 0 Å². The molecular weight excluding hydrogens is 120 g/mol. The van der Waals surface area contributed by atoms with Gasteiger partial charge in [-0.2, -0.15) is 0 Å². The van der Waals surface area contributed by atoms with E-state index in [0.717, 1.165) is 17.8 Å². The van der Waals surface area contributed by atoms with Crippen LogP contribution in [0.2, 0.25) is 0 Å². The van der Waals surface area contributed by atoms with Crippen molar-refractivity contribution < 1.29 is 0 Å². The summed E-state index contributed by atoms with van der Waals surface area (Å²) in [6.07, 6.45) is 8.29. The van der Waals surface area contributed by atoms with Gasteiger partial charge >= 0.3 is 0 Å². The second-order valence-corrected chi connectivity index (χ2v) is 3.54. The van der Waals surface area contributed by atoms with E-state index < -0.39 is 0 Å². The fraction of sp³-hybridized carbons (Fsp3) is 0.600. The van der Waals surface area contributed by atoms with Crippen LogP contribution in [0.25, 0.3) is 0 Å². The van der Waals surface area contributed by atoms with Gasteiger partial charge in [0.1, 0.15) is 0 Å². The Balaban J connectivity index is 1.85. The van der Waals surface area contributed by atoms with Gasteiger partial charge in [0.05, 0.1) is 0 Å².